The number of likely N-dealkylation sites (N-methyl/N-ethyl adjacent to an activating group) is 2. The van der Waals surface area contributed by atoms with Crippen molar-refractivity contribution >= 4 is 35.2 Å². The van der Waals surface area contributed by atoms with Crippen molar-refractivity contribution < 1.29 is 44.1 Å². The van der Waals surface area contributed by atoms with Crippen LogP contribution >= 0.6 is 0 Å². The number of aliphatic hydroxyl groups excluding tert-OH is 1. The Morgan fingerprint density at radius 3 is 1.89 bits per heavy atom. The van der Waals surface area contributed by atoms with Gasteiger partial charge in [-0.2, -0.15) is 0 Å². The van der Waals surface area contributed by atoms with Gasteiger partial charge in [-0.3, -0.25) is 28.8 Å². The number of carbonyl (C=O) groups excluding carboxylic acids is 6. The number of rotatable bonds is 26. The lowest BCUT2D eigenvalue weighted by atomic mass is 9.87. The van der Waals surface area contributed by atoms with E-state index in [0.717, 1.165) is 31.2 Å². The van der Waals surface area contributed by atoms with Crippen LogP contribution in [0.15, 0.2) is 36.4 Å². The van der Waals surface area contributed by atoms with E-state index in [9.17, 15) is 44.1 Å². The molecular weight excluding hydrogens is 813 g/mol. The molecule has 0 fully saturated rings. The fraction of sp³-hybridized carbons (Fsp3) is 0.647. The molecular formula is C51H78N4O9. The van der Waals surface area contributed by atoms with Gasteiger partial charge in [0.25, 0.3) is 0 Å². The van der Waals surface area contributed by atoms with E-state index in [1.807, 2.05) is 13.8 Å². The molecule has 0 saturated carbocycles. The highest BCUT2D eigenvalue weighted by Crippen LogP contribution is 2.39. The zero-order chi connectivity index (χ0) is 47.2. The summed E-state index contributed by atoms with van der Waals surface area (Å²) in [5.74, 6) is -3.51. The molecule has 2 aromatic carbocycles. The van der Waals surface area contributed by atoms with Crippen LogP contribution in [0.1, 0.15) is 173 Å². The first kappa shape index (κ1) is 53.6. The van der Waals surface area contributed by atoms with Crippen LogP contribution in [-0.4, -0.2) is 99.1 Å². The van der Waals surface area contributed by atoms with Gasteiger partial charge in [0.1, 0.15) is 23.6 Å². The van der Waals surface area contributed by atoms with Gasteiger partial charge >= 0.3 is 0 Å². The minimum atomic E-state index is -1.19. The van der Waals surface area contributed by atoms with Gasteiger partial charge < -0.3 is 35.8 Å². The summed E-state index contributed by atoms with van der Waals surface area (Å²) in [7, 11) is 2.92. The number of hydrogen-bond donors (Lipinski definition) is 5. The van der Waals surface area contributed by atoms with E-state index in [4.69, 9.17) is 0 Å². The quantitative estimate of drug-likeness (QED) is 0.0579. The van der Waals surface area contributed by atoms with E-state index in [0.29, 0.717) is 36.8 Å². The fourth-order valence-corrected chi connectivity index (χ4v) is 8.57. The first-order valence-corrected chi connectivity index (χ1v) is 24.1. The van der Waals surface area contributed by atoms with Crippen LogP contribution in [0.3, 0.4) is 0 Å². The average Bonchev–Trinajstić information content (AvgIpc) is 3.26. The molecule has 0 radical (unpaired) electrons. The van der Waals surface area contributed by atoms with Crippen molar-refractivity contribution in [2.24, 2.45) is 5.92 Å². The lowest BCUT2D eigenvalue weighted by Gasteiger charge is -2.30. The minimum Gasteiger partial charge on any atom is -0.507 e. The molecule has 4 bridgehead atoms. The highest BCUT2D eigenvalue weighted by atomic mass is 16.3. The molecule has 2 aromatic rings. The fourth-order valence-electron chi connectivity index (χ4n) is 8.57. The van der Waals surface area contributed by atoms with E-state index in [1.165, 1.54) is 107 Å². The summed E-state index contributed by atoms with van der Waals surface area (Å²) in [5.41, 5.74) is 1.76. The topological polar surface area (TPSA) is 194 Å². The van der Waals surface area contributed by atoms with Gasteiger partial charge in [0.2, 0.25) is 23.6 Å². The predicted octanol–water partition coefficient (Wildman–Crippen LogP) is 8.25. The van der Waals surface area contributed by atoms with Crippen LogP contribution in [0.4, 0.5) is 0 Å². The van der Waals surface area contributed by atoms with Crippen LogP contribution in [0.5, 0.6) is 11.5 Å². The monoisotopic (exact) mass is 891 g/mol. The van der Waals surface area contributed by atoms with Crippen LogP contribution in [0.2, 0.25) is 0 Å². The van der Waals surface area contributed by atoms with Crippen LogP contribution in [0, 0.1) is 5.92 Å². The third-order valence-corrected chi connectivity index (χ3v) is 12.7. The molecule has 13 nitrogen and oxygen atoms in total. The van der Waals surface area contributed by atoms with Crippen LogP contribution in [0.25, 0.3) is 11.1 Å². The van der Waals surface area contributed by atoms with Gasteiger partial charge in [0.15, 0.2) is 11.6 Å². The lowest BCUT2D eigenvalue weighted by Crippen LogP contribution is -2.53. The van der Waals surface area contributed by atoms with Gasteiger partial charge in [-0.05, 0) is 68.5 Å². The van der Waals surface area contributed by atoms with E-state index >= 15 is 0 Å². The number of amides is 4. The molecule has 5 N–H and O–H groups in total. The van der Waals surface area contributed by atoms with Crippen molar-refractivity contribution in [2.75, 3.05) is 20.7 Å². The maximum absolute atomic E-state index is 14.3. The Hall–Kier alpha value is -4.78. The van der Waals surface area contributed by atoms with Gasteiger partial charge in [-0.15, -0.1) is 0 Å². The lowest BCUT2D eigenvalue weighted by molar-refractivity contribution is -0.142. The van der Waals surface area contributed by atoms with E-state index in [1.54, 1.807) is 18.2 Å². The number of phenols is 2. The molecule has 1 aliphatic rings. The van der Waals surface area contributed by atoms with Gasteiger partial charge in [-0.25, -0.2) is 0 Å². The number of nitrogens with zero attached hydrogens (tertiary/aromatic N) is 2. The summed E-state index contributed by atoms with van der Waals surface area (Å²) in [4.78, 5) is 83.9. The van der Waals surface area contributed by atoms with Crippen LogP contribution in [-0.2, 0) is 35.2 Å². The number of carbonyl (C=O) groups is 6. The first-order valence-electron chi connectivity index (χ1n) is 24.1. The minimum absolute atomic E-state index is 0.0970. The number of hydrogen-bond acceptors (Lipinski definition) is 9. The number of phenolic OH excluding ortho intramolecular Hbond substituents is 2. The number of unbranched alkanes of at least 4 members (excludes halogenated alkanes) is 13. The summed E-state index contributed by atoms with van der Waals surface area (Å²) >= 11 is 0. The predicted molar refractivity (Wildman–Crippen MR) is 250 cm³/mol. The summed E-state index contributed by atoms with van der Waals surface area (Å²) < 4.78 is 0. The number of aromatic hydroxyl groups is 2. The normalized spacial score (nSPS) is 17.5. The molecule has 0 spiro atoms. The number of ketones is 2. The molecule has 4 amide bonds. The second kappa shape index (κ2) is 28.2. The second-order valence-corrected chi connectivity index (χ2v) is 18.1. The van der Waals surface area contributed by atoms with Crippen molar-refractivity contribution in [3.8, 4) is 22.6 Å². The highest BCUT2D eigenvalue weighted by Gasteiger charge is 2.34. The van der Waals surface area contributed by atoms with Gasteiger partial charge in [-0.1, -0.05) is 116 Å². The Morgan fingerprint density at radius 1 is 0.734 bits per heavy atom. The molecule has 1 aliphatic heterocycles. The van der Waals surface area contributed by atoms with Gasteiger partial charge in [0, 0.05) is 62.9 Å². The Kier molecular flexibility index (Phi) is 23.6. The van der Waals surface area contributed by atoms with Gasteiger partial charge in [0.05, 0.1) is 12.6 Å². The summed E-state index contributed by atoms with van der Waals surface area (Å²) in [5, 5.41) is 37.6. The average molecular weight is 891 g/mol. The molecule has 3 rings (SSSR count). The van der Waals surface area contributed by atoms with Crippen molar-refractivity contribution in [1.82, 2.24) is 20.4 Å². The Labute approximate surface area is 382 Å². The van der Waals surface area contributed by atoms with E-state index in [2.05, 4.69) is 17.6 Å². The third-order valence-electron chi connectivity index (χ3n) is 12.7. The maximum atomic E-state index is 14.3. The molecule has 0 aromatic heterocycles. The number of aliphatic hydroxyl groups is 1. The number of Topliss-reactive ketones (excluding diaryl/α,β-unsaturated/α-hetero) is 2. The first-order chi connectivity index (χ1) is 30.6. The standard InChI is InChI=1S/C51H78N4O9/c1-7-9-11-12-13-14-15-16-17-18-19-20-21-23-47(61)54(5)42(34-56)51(64)53-36(4)43(57)28-29-48(62)55(6)49-38-25-27-45(59)41(32-38)40-31-37(24-26-44(40)58)30-35(3)52-50(63)39(22-10-8-2)33-46(49)60/h24-27,31-32,35-36,39,42,49,56,58-59H,7-23,28-30,33-34H2,1-6H3,(H,52,63)(H,53,64)/t35-,36-,39-,42-,49+/m1/s1. The Balaban J connectivity index is 1.62. The van der Waals surface area contributed by atoms with Crippen molar-refractivity contribution in [3.63, 3.8) is 0 Å². The second-order valence-electron chi connectivity index (χ2n) is 18.1. The van der Waals surface area contributed by atoms with Crippen LogP contribution < -0.4 is 10.6 Å². The molecule has 13 heteroatoms. The molecule has 0 aliphatic carbocycles. The van der Waals surface area contributed by atoms with Crippen molar-refractivity contribution in [1.29, 1.82) is 0 Å². The molecule has 1 heterocycles. The largest absolute Gasteiger partial charge is 0.507 e. The maximum Gasteiger partial charge on any atom is 0.245 e. The molecule has 5 atom stereocenters. The Morgan fingerprint density at radius 2 is 1.30 bits per heavy atom. The molecule has 64 heavy (non-hydrogen) atoms. The zero-order valence-corrected chi connectivity index (χ0v) is 39.6. The van der Waals surface area contributed by atoms with Crippen molar-refractivity contribution in [3.05, 3.63) is 47.5 Å². The highest BCUT2D eigenvalue weighted by molar-refractivity contribution is 5.96. The van der Waals surface area contributed by atoms with E-state index in [-0.39, 0.29) is 60.6 Å². The number of nitrogens with one attached hydrogen (secondary N) is 2. The Bertz CT molecular complexity index is 1830. The molecule has 0 unspecified atom stereocenters. The number of fused-ring (bicyclic) bond motifs is 5. The van der Waals surface area contributed by atoms with E-state index < -0.39 is 54.0 Å². The summed E-state index contributed by atoms with van der Waals surface area (Å²) in [6, 6.07) is 5.78. The van der Waals surface area contributed by atoms with Crippen molar-refractivity contribution in [2.45, 2.75) is 187 Å². The molecule has 356 valence electrons. The zero-order valence-electron chi connectivity index (χ0n) is 39.6. The SMILES string of the molecule is CCCCCCCCCCCCCCCC(=O)N(C)[C@H](CO)C(=O)N[C@H](C)C(=O)CCC(=O)N(C)[C@@H]1C(=O)C[C@@H](CCCC)C(=O)N[C@H](C)Cc2ccc(O)c(c2)-c2cc1ccc2O. The number of benzene rings is 2. The smallest absolute Gasteiger partial charge is 0.245 e. The summed E-state index contributed by atoms with van der Waals surface area (Å²) in [6.07, 6.45) is 17.3. The third kappa shape index (κ3) is 17.0. The molecule has 0 saturated heterocycles. The summed E-state index contributed by atoms with van der Waals surface area (Å²) in [6.45, 7) is 6.94.